The van der Waals surface area contributed by atoms with Crippen molar-refractivity contribution in [3.63, 3.8) is 0 Å². The van der Waals surface area contributed by atoms with Crippen LogP contribution >= 0.6 is 0 Å². The number of nitrogens with zero attached hydrogens (tertiary/aromatic N) is 2. The van der Waals surface area contributed by atoms with E-state index >= 15 is 0 Å². The van der Waals surface area contributed by atoms with Gasteiger partial charge in [-0.05, 0) is 48.3 Å². The molecule has 1 aliphatic heterocycles. The lowest BCUT2D eigenvalue weighted by Crippen LogP contribution is -2.62. The SMILES string of the molecule is CC(=O)N1C(C(C)C)CN(c2cccc(C(C)C)c2)CC1C1CC1. The summed E-state index contributed by atoms with van der Waals surface area (Å²) in [6.45, 7) is 12.7. The molecule has 2 fully saturated rings. The second-order valence-electron chi connectivity index (χ2n) is 8.30. The Kier molecular flexibility index (Phi) is 4.89. The van der Waals surface area contributed by atoms with Crippen molar-refractivity contribution in [2.24, 2.45) is 11.8 Å². The van der Waals surface area contributed by atoms with Crippen molar-refractivity contribution in [1.82, 2.24) is 4.90 Å². The minimum atomic E-state index is 0.251. The fourth-order valence-corrected chi connectivity index (χ4v) is 4.10. The first-order chi connectivity index (χ1) is 11.4. The van der Waals surface area contributed by atoms with Gasteiger partial charge in [0.1, 0.15) is 0 Å². The smallest absolute Gasteiger partial charge is 0.220 e. The molecule has 2 atom stereocenters. The van der Waals surface area contributed by atoms with Crippen LogP contribution in [0.1, 0.15) is 58.9 Å². The molecule has 3 heteroatoms. The molecule has 0 spiro atoms. The highest BCUT2D eigenvalue weighted by Crippen LogP contribution is 2.40. The van der Waals surface area contributed by atoms with Crippen LogP contribution in [0.15, 0.2) is 24.3 Å². The highest BCUT2D eigenvalue weighted by atomic mass is 16.2. The van der Waals surface area contributed by atoms with Crippen molar-refractivity contribution in [3.8, 4) is 0 Å². The summed E-state index contributed by atoms with van der Waals surface area (Å²) in [4.78, 5) is 17.1. The molecule has 1 saturated carbocycles. The summed E-state index contributed by atoms with van der Waals surface area (Å²) < 4.78 is 0. The molecular weight excluding hydrogens is 296 g/mol. The molecule has 1 heterocycles. The molecule has 0 aromatic heterocycles. The number of hydrogen-bond acceptors (Lipinski definition) is 2. The van der Waals surface area contributed by atoms with E-state index in [4.69, 9.17) is 0 Å². The first-order valence-corrected chi connectivity index (χ1v) is 9.52. The number of amides is 1. The molecule has 2 unspecified atom stereocenters. The summed E-state index contributed by atoms with van der Waals surface area (Å²) in [5.41, 5.74) is 2.71. The Balaban J connectivity index is 1.90. The van der Waals surface area contributed by atoms with Gasteiger partial charge < -0.3 is 9.80 Å². The average molecular weight is 329 g/mol. The number of carbonyl (C=O) groups excluding carboxylic acids is 1. The summed E-state index contributed by atoms with van der Waals surface area (Å²) in [5.74, 6) is 1.97. The second-order valence-corrected chi connectivity index (χ2v) is 8.30. The second kappa shape index (κ2) is 6.78. The van der Waals surface area contributed by atoms with E-state index in [-0.39, 0.29) is 5.91 Å². The first-order valence-electron chi connectivity index (χ1n) is 9.52. The van der Waals surface area contributed by atoms with Gasteiger partial charge in [-0.3, -0.25) is 4.79 Å². The van der Waals surface area contributed by atoms with Crippen molar-refractivity contribution in [1.29, 1.82) is 0 Å². The van der Waals surface area contributed by atoms with E-state index in [9.17, 15) is 4.79 Å². The monoisotopic (exact) mass is 328 g/mol. The third-order valence-corrected chi connectivity index (χ3v) is 5.73. The Morgan fingerprint density at radius 1 is 1.12 bits per heavy atom. The van der Waals surface area contributed by atoms with Crippen LogP contribution in [-0.2, 0) is 4.79 Å². The number of hydrogen-bond donors (Lipinski definition) is 0. The summed E-state index contributed by atoms with van der Waals surface area (Å²) in [7, 11) is 0. The Labute approximate surface area is 147 Å². The van der Waals surface area contributed by atoms with E-state index in [2.05, 4.69) is 61.8 Å². The maximum atomic E-state index is 12.4. The minimum Gasteiger partial charge on any atom is -0.367 e. The van der Waals surface area contributed by atoms with Gasteiger partial charge in [-0.1, -0.05) is 39.8 Å². The van der Waals surface area contributed by atoms with Gasteiger partial charge in [0.15, 0.2) is 0 Å². The van der Waals surface area contributed by atoms with Gasteiger partial charge in [-0.2, -0.15) is 0 Å². The summed E-state index contributed by atoms with van der Waals surface area (Å²) >= 11 is 0. The van der Waals surface area contributed by atoms with Crippen molar-refractivity contribution in [2.75, 3.05) is 18.0 Å². The molecular formula is C21H32N2O. The number of benzene rings is 1. The number of rotatable bonds is 4. The van der Waals surface area contributed by atoms with Gasteiger partial charge in [-0.25, -0.2) is 0 Å². The Bertz CT molecular complexity index is 579. The molecule has 0 N–H and O–H groups in total. The molecule has 2 aliphatic rings. The van der Waals surface area contributed by atoms with Gasteiger partial charge in [0.05, 0.1) is 12.1 Å². The molecule has 1 saturated heterocycles. The lowest BCUT2D eigenvalue weighted by atomic mass is 9.93. The zero-order valence-corrected chi connectivity index (χ0v) is 15.8. The fourth-order valence-electron chi connectivity index (χ4n) is 4.10. The van der Waals surface area contributed by atoms with Crippen molar-refractivity contribution in [2.45, 2.75) is 65.5 Å². The van der Waals surface area contributed by atoms with E-state index in [1.54, 1.807) is 6.92 Å². The molecule has 3 nitrogen and oxygen atoms in total. The van der Waals surface area contributed by atoms with Crippen LogP contribution in [0.25, 0.3) is 0 Å². The summed E-state index contributed by atoms with van der Waals surface area (Å²) in [5, 5.41) is 0. The van der Waals surface area contributed by atoms with E-state index in [0.717, 1.165) is 13.1 Å². The fraction of sp³-hybridized carbons (Fsp3) is 0.667. The minimum absolute atomic E-state index is 0.251. The molecule has 1 aliphatic carbocycles. The largest absolute Gasteiger partial charge is 0.367 e. The van der Waals surface area contributed by atoms with Crippen LogP contribution < -0.4 is 4.90 Å². The van der Waals surface area contributed by atoms with Crippen molar-refractivity contribution < 1.29 is 4.79 Å². The molecule has 0 bridgehead atoms. The predicted octanol–water partition coefficient (Wildman–Crippen LogP) is 4.28. The molecule has 1 aromatic carbocycles. The van der Waals surface area contributed by atoms with E-state index in [0.29, 0.717) is 29.8 Å². The van der Waals surface area contributed by atoms with Gasteiger partial charge in [0.25, 0.3) is 0 Å². The zero-order chi connectivity index (χ0) is 17.4. The Morgan fingerprint density at radius 3 is 2.38 bits per heavy atom. The summed E-state index contributed by atoms with van der Waals surface area (Å²) in [6, 6.07) is 9.67. The van der Waals surface area contributed by atoms with Gasteiger partial charge in [0.2, 0.25) is 5.91 Å². The summed E-state index contributed by atoms with van der Waals surface area (Å²) in [6.07, 6.45) is 2.55. The standard InChI is InChI=1S/C21H32N2O/c1-14(2)18-7-6-8-19(11-18)22-12-20(15(3)4)23(16(5)24)21(13-22)17-9-10-17/h6-8,11,14-15,17,20-21H,9-10,12-13H2,1-5H3. The van der Waals surface area contributed by atoms with E-state index in [1.165, 1.54) is 24.1 Å². The Hall–Kier alpha value is -1.51. The molecule has 1 amide bonds. The van der Waals surface area contributed by atoms with E-state index in [1.807, 2.05) is 0 Å². The van der Waals surface area contributed by atoms with Crippen molar-refractivity contribution in [3.05, 3.63) is 29.8 Å². The van der Waals surface area contributed by atoms with Crippen LogP contribution in [0.3, 0.4) is 0 Å². The van der Waals surface area contributed by atoms with Gasteiger partial charge >= 0.3 is 0 Å². The van der Waals surface area contributed by atoms with Crippen LogP contribution in [-0.4, -0.2) is 36.0 Å². The number of anilines is 1. The number of carbonyl (C=O) groups is 1. The number of piperazine rings is 1. The first kappa shape index (κ1) is 17.3. The van der Waals surface area contributed by atoms with Gasteiger partial charge in [0, 0.05) is 25.7 Å². The predicted molar refractivity (Wildman–Crippen MR) is 100 cm³/mol. The van der Waals surface area contributed by atoms with Crippen LogP contribution in [0, 0.1) is 11.8 Å². The zero-order valence-electron chi connectivity index (χ0n) is 15.8. The van der Waals surface area contributed by atoms with Gasteiger partial charge in [-0.15, -0.1) is 0 Å². The van der Waals surface area contributed by atoms with Crippen LogP contribution in [0.4, 0.5) is 5.69 Å². The molecule has 1 aromatic rings. The van der Waals surface area contributed by atoms with E-state index < -0.39 is 0 Å². The highest BCUT2D eigenvalue weighted by Gasteiger charge is 2.44. The topological polar surface area (TPSA) is 23.6 Å². The maximum absolute atomic E-state index is 12.4. The Morgan fingerprint density at radius 2 is 1.83 bits per heavy atom. The third-order valence-electron chi connectivity index (χ3n) is 5.73. The van der Waals surface area contributed by atoms with Crippen LogP contribution in [0.2, 0.25) is 0 Å². The average Bonchev–Trinajstić information content (AvgIpc) is 3.38. The quantitative estimate of drug-likeness (QED) is 0.823. The lowest BCUT2D eigenvalue weighted by Gasteiger charge is -2.49. The lowest BCUT2D eigenvalue weighted by molar-refractivity contribution is -0.136. The van der Waals surface area contributed by atoms with Crippen molar-refractivity contribution >= 4 is 11.6 Å². The third kappa shape index (κ3) is 3.45. The maximum Gasteiger partial charge on any atom is 0.220 e. The van der Waals surface area contributed by atoms with Crippen LogP contribution in [0.5, 0.6) is 0 Å². The molecule has 0 radical (unpaired) electrons. The molecule has 3 rings (SSSR count). The molecule has 24 heavy (non-hydrogen) atoms. The normalized spacial score (nSPS) is 24.8. The molecule has 132 valence electrons. The highest BCUT2D eigenvalue weighted by molar-refractivity contribution is 5.75.